The van der Waals surface area contributed by atoms with Gasteiger partial charge in [-0.15, -0.1) is 0 Å². The molecule has 0 bridgehead atoms. The molecule has 6 nitrogen and oxygen atoms in total. The van der Waals surface area contributed by atoms with E-state index in [0.717, 1.165) is 9.96 Å². The molecule has 0 aromatic rings. The van der Waals surface area contributed by atoms with E-state index in [9.17, 15) is 9.59 Å². The van der Waals surface area contributed by atoms with E-state index in [2.05, 4.69) is 4.84 Å². The van der Waals surface area contributed by atoms with Crippen molar-refractivity contribution in [2.75, 3.05) is 20.7 Å². The molecule has 0 saturated heterocycles. The number of nitrogens with zero attached hydrogens (tertiary/aromatic N) is 2. The minimum atomic E-state index is -1.26. The Morgan fingerprint density at radius 1 is 1.40 bits per heavy atom. The van der Waals surface area contributed by atoms with Gasteiger partial charge < -0.3 is 5.11 Å². The SMILES string of the molecule is CON(C)C(=O)N(CCC(C)C)C(=O)O. The van der Waals surface area contributed by atoms with Crippen molar-refractivity contribution in [2.24, 2.45) is 5.92 Å². The average Bonchev–Trinajstić information content (AvgIpc) is 2.15. The van der Waals surface area contributed by atoms with Crippen LogP contribution in [0.4, 0.5) is 9.59 Å². The van der Waals surface area contributed by atoms with Crippen molar-refractivity contribution in [3.8, 4) is 0 Å². The Morgan fingerprint density at radius 3 is 2.27 bits per heavy atom. The second-order valence-corrected chi connectivity index (χ2v) is 3.58. The Bertz CT molecular complexity index is 230. The van der Waals surface area contributed by atoms with E-state index >= 15 is 0 Å². The molecule has 0 aliphatic heterocycles. The van der Waals surface area contributed by atoms with E-state index in [0.29, 0.717) is 12.3 Å². The van der Waals surface area contributed by atoms with Crippen LogP contribution in [0, 0.1) is 5.92 Å². The number of hydroxylamine groups is 2. The van der Waals surface area contributed by atoms with Crippen molar-refractivity contribution >= 4 is 12.1 Å². The van der Waals surface area contributed by atoms with Gasteiger partial charge in [0.05, 0.1) is 7.11 Å². The van der Waals surface area contributed by atoms with Crippen molar-refractivity contribution in [1.82, 2.24) is 9.96 Å². The summed E-state index contributed by atoms with van der Waals surface area (Å²) in [6, 6.07) is -0.675. The molecule has 0 heterocycles. The first-order chi connectivity index (χ1) is 6.90. The number of rotatable bonds is 4. The maximum Gasteiger partial charge on any atom is 0.415 e. The molecule has 0 fully saturated rings. The lowest BCUT2D eigenvalue weighted by molar-refractivity contribution is -0.0742. The summed E-state index contributed by atoms with van der Waals surface area (Å²) >= 11 is 0. The maximum atomic E-state index is 11.5. The molecule has 15 heavy (non-hydrogen) atoms. The molecular formula is C9H18N2O4. The van der Waals surface area contributed by atoms with Crippen LogP contribution in [0.25, 0.3) is 0 Å². The highest BCUT2D eigenvalue weighted by Crippen LogP contribution is 2.05. The van der Waals surface area contributed by atoms with Gasteiger partial charge in [0.15, 0.2) is 0 Å². The van der Waals surface area contributed by atoms with Crippen molar-refractivity contribution < 1.29 is 19.5 Å². The standard InChI is InChI=1S/C9H18N2O4/c1-7(2)5-6-11(9(13)14)8(12)10(3)15-4/h7H,5-6H2,1-4H3,(H,13,14). The third kappa shape index (κ3) is 4.64. The van der Waals surface area contributed by atoms with Gasteiger partial charge in [0.1, 0.15) is 0 Å². The van der Waals surface area contributed by atoms with Gasteiger partial charge >= 0.3 is 12.1 Å². The molecule has 0 aromatic heterocycles. The Kier molecular flexibility index (Phi) is 5.69. The van der Waals surface area contributed by atoms with Gasteiger partial charge in [-0.25, -0.2) is 19.6 Å². The third-order valence-corrected chi connectivity index (χ3v) is 1.94. The average molecular weight is 218 g/mol. The molecule has 0 aromatic carbocycles. The number of carbonyl (C=O) groups excluding carboxylic acids is 1. The molecule has 0 saturated carbocycles. The van der Waals surface area contributed by atoms with Crippen molar-refractivity contribution in [1.29, 1.82) is 0 Å². The molecule has 88 valence electrons. The summed E-state index contributed by atoms with van der Waals surface area (Å²) < 4.78 is 0. The minimum Gasteiger partial charge on any atom is -0.465 e. The number of imide groups is 1. The van der Waals surface area contributed by atoms with Crippen molar-refractivity contribution in [2.45, 2.75) is 20.3 Å². The van der Waals surface area contributed by atoms with Gasteiger partial charge in [-0.05, 0) is 12.3 Å². The van der Waals surface area contributed by atoms with E-state index in [1.54, 1.807) is 0 Å². The third-order valence-electron chi connectivity index (χ3n) is 1.94. The van der Waals surface area contributed by atoms with E-state index in [-0.39, 0.29) is 6.54 Å². The number of urea groups is 1. The van der Waals surface area contributed by atoms with Crippen LogP contribution in [0.1, 0.15) is 20.3 Å². The molecular weight excluding hydrogens is 200 g/mol. The zero-order chi connectivity index (χ0) is 12.0. The summed E-state index contributed by atoms with van der Waals surface area (Å²) in [5.74, 6) is 0.340. The first kappa shape index (κ1) is 13.7. The van der Waals surface area contributed by atoms with Crippen LogP contribution in [0.15, 0.2) is 0 Å². The molecule has 0 spiro atoms. The summed E-state index contributed by atoms with van der Waals surface area (Å²) in [5.41, 5.74) is 0. The smallest absolute Gasteiger partial charge is 0.415 e. The topological polar surface area (TPSA) is 70.1 Å². The number of hydrogen-bond acceptors (Lipinski definition) is 3. The fourth-order valence-electron chi connectivity index (χ4n) is 0.908. The lowest BCUT2D eigenvalue weighted by atomic mass is 10.1. The lowest BCUT2D eigenvalue weighted by Gasteiger charge is -2.23. The lowest BCUT2D eigenvalue weighted by Crippen LogP contribution is -2.44. The van der Waals surface area contributed by atoms with Gasteiger partial charge in [-0.1, -0.05) is 13.8 Å². The summed E-state index contributed by atoms with van der Waals surface area (Å²) in [6.45, 7) is 4.11. The highest BCUT2D eigenvalue weighted by Gasteiger charge is 2.23. The zero-order valence-electron chi connectivity index (χ0n) is 9.56. The molecule has 0 rings (SSSR count). The van der Waals surface area contributed by atoms with Crippen LogP contribution in [0.2, 0.25) is 0 Å². The molecule has 0 aliphatic rings. The first-order valence-corrected chi connectivity index (χ1v) is 4.72. The van der Waals surface area contributed by atoms with Gasteiger partial charge in [0.25, 0.3) is 0 Å². The van der Waals surface area contributed by atoms with Gasteiger partial charge in [0, 0.05) is 13.6 Å². The normalized spacial score (nSPS) is 10.2. The minimum absolute atomic E-state index is 0.180. The maximum absolute atomic E-state index is 11.5. The quantitative estimate of drug-likeness (QED) is 0.728. The Balaban J connectivity index is 4.39. The van der Waals surface area contributed by atoms with E-state index in [4.69, 9.17) is 5.11 Å². The van der Waals surface area contributed by atoms with Crippen LogP contribution in [0.5, 0.6) is 0 Å². The van der Waals surface area contributed by atoms with Crippen LogP contribution >= 0.6 is 0 Å². The van der Waals surface area contributed by atoms with E-state index in [1.807, 2.05) is 13.8 Å². The van der Waals surface area contributed by atoms with Gasteiger partial charge in [-0.2, -0.15) is 0 Å². The summed E-state index contributed by atoms with van der Waals surface area (Å²) in [6.07, 6.45) is -0.625. The molecule has 0 aliphatic carbocycles. The van der Waals surface area contributed by atoms with Crippen LogP contribution in [-0.2, 0) is 4.84 Å². The molecule has 6 heteroatoms. The molecule has 0 atom stereocenters. The van der Waals surface area contributed by atoms with Crippen molar-refractivity contribution in [3.63, 3.8) is 0 Å². The highest BCUT2D eigenvalue weighted by atomic mass is 16.7. The Hall–Kier alpha value is -1.30. The predicted octanol–water partition coefficient (Wildman–Crippen LogP) is 1.63. The van der Waals surface area contributed by atoms with Crippen LogP contribution < -0.4 is 0 Å². The fraction of sp³-hybridized carbons (Fsp3) is 0.778. The van der Waals surface area contributed by atoms with E-state index in [1.165, 1.54) is 14.2 Å². The van der Waals surface area contributed by atoms with Crippen molar-refractivity contribution in [3.05, 3.63) is 0 Å². The van der Waals surface area contributed by atoms with E-state index < -0.39 is 12.1 Å². The number of carbonyl (C=O) groups is 2. The zero-order valence-corrected chi connectivity index (χ0v) is 9.56. The Labute approximate surface area is 89.4 Å². The second-order valence-electron chi connectivity index (χ2n) is 3.58. The molecule has 1 N–H and O–H groups in total. The van der Waals surface area contributed by atoms with Crippen LogP contribution in [0.3, 0.4) is 0 Å². The summed E-state index contributed by atoms with van der Waals surface area (Å²) in [7, 11) is 2.67. The largest absolute Gasteiger partial charge is 0.465 e. The monoisotopic (exact) mass is 218 g/mol. The second kappa shape index (κ2) is 6.23. The fourth-order valence-corrected chi connectivity index (χ4v) is 0.908. The van der Waals surface area contributed by atoms with Gasteiger partial charge in [0.2, 0.25) is 0 Å². The Morgan fingerprint density at radius 2 is 1.93 bits per heavy atom. The number of hydrogen-bond donors (Lipinski definition) is 1. The summed E-state index contributed by atoms with van der Waals surface area (Å²) in [4.78, 5) is 27.6. The van der Waals surface area contributed by atoms with Crippen LogP contribution in [-0.4, -0.2) is 47.9 Å². The number of amides is 3. The molecule has 0 radical (unpaired) electrons. The molecule has 3 amide bonds. The molecule has 0 unspecified atom stereocenters. The van der Waals surface area contributed by atoms with Gasteiger partial charge in [-0.3, -0.25) is 4.84 Å². The first-order valence-electron chi connectivity index (χ1n) is 4.72. The summed E-state index contributed by atoms with van der Waals surface area (Å²) in [5, 5.41) is 9.71. The highest BCUT2D eigenvalue weighted by molar-refractivity contribution is 5.89. The predicted molar refractivity (Wildman–Crippen MR) is 54.4 cm³/mol. The number of carboxylic acid groups (broad SMARTS) is 1.